The molecule has 0 unspecified atom stereocenters. The first-order chi connectivity index (χ1) is 10.6. The summed E-state index contributed by atoms with van der Waals surface area (Å²) in [5.74, 6) is -0.785. The first-order valence-corrected chi connectivity index (χ1v) is 8.67. The van der Waals surface area contributed by atoms with Crippen molar-refractivity contribution in [2.24, 2.45) is 0 Å². The maximum atomic E-state index is 12.3. The van der Waals surface area contributed by atoms with Crippen LogP contribution in [-0.4, -0.2) is 51.2 Å². The van der Waals surface area contributed by atoms with Gasteiger partial charge in [0.2, 0.25) is 15.9 Å². The van der Waals surface area contributed by atoms with Crippen LogP contribution in [0.3, 0.4) is 0 Å². The van der Waals surface area contributed by atoms with Crippen molar-refractivity contribution in [3.05, 3.63) is 29.3 Å². The van der Waals surface area contributed by atoms with E-state index in [0.717, 1.165) is 4.31 Å². The van der Waals surface area contributed by atoms with Crippen molar-refractivity contribution in [1.82, 2.24) is 14.9 Å². The fourth-order valence-corrected chi connectivity index (χ4v) is 2.81. The molecule has 23 heavy (non-hydrogen) atoms. The highest BCUT2D eigenvalue weighted by molar-refractivity contribution is 7.89. The zero-order valence-corrected chi connectivity index (χ0v) is 14.8. The number of carbonyl (C=O) groups is 2. The van der Waals surface area contributed by atoms with Crippen LogP contribution in [0, 0.1) is 6.92 Å². The summed E-state index contributed by atoms with van der Waals surface area (Å²) in [4.78, 5) is 24.0. The summed E-state index contributed by atoms with van der Waals surface area (Å²) in [5.41, 5.74) is 0.854. The summed E-state index contributed by atoms with van der Waals surface area (Å²) in [7, 11) is -0.784. The van der Waals surface area contributed by atoms with Crippen molar-refractivity contribution >= 4 is 21.8 Å². The molecule has 0 aliphatic heterocycles. The van der Waals surface area contributed by atoms with E-state index in [2.05, 4.69) is 10.6 Å². The van der Waals surface area contributed by atoms with Crippen molar-refractivity contribution in [3.8, 4) is 0 Å². The van der Waals surface area contributed by atoms with Crippen LogP contribution in [0.15, 0.2) is 23.1 Å². The minimum Gasteiger partial charge on any atom is -0.355 e. The molecular formula is C15H23N3O4S. The van der Waals surface area contributed by atoms with E-state index in [1.165, 1.54) is 26.2 Å². The highest BCUT2D eigenvalue weighted by atomic mass is 32.2. The fraction of sp³-hybridized carbons (Fsp3) is 0.467. The number of sulfonamides is 1. The smallest absolute Gasteiger partial charge is 0.252 e. The molecule has 0 fully saturated rings. The molecular weight excluding hydrogens is 318 g/mol. The summed E-state index contributed by atoms with van der Waals surface area (Å²) in [5, 5.41) is 5.18. The van der Waals surface area contributed by atoms with Gasteiger partial charge in [0.15, 0.2) is 0 Å². The van der Waals surface area contributed by atoms with E-state index >= 15 is 0 Å². The molecule has 8 heteroatoms. The second-order valence-corrected chi connectivity index (χ2v) is 7.51. The van der Waals surface area contributed by atoms with Crippen molar-refractivity contribution < 1.29 is 18.0 Å². The molecule has 0 saturated carbocycles. The van der Waals surface area contributed by atoms with Gasteiger partial charge in [0.05, 0.1) is 4.90 Å². The van der Waals surface area contributed by atoms with E-state index in [-0.39, 0.29) is 16.4 Å². The second-order valence-electron chi connectivity index (χ2n) is 5.35. The van der Waals surface area contributed by atoms with Gasteiger partial charge in [-0.25, -0.2) is 12.7 Å². The number of hydrogen-bond donors (Lipinski definition) is 2. The molecule has 1 aromatic rings. The van der Waals surface area contributed by atoms with E-state index in [9.17, 15) is 18.0 Å². The first kappa shape index (κ1) is 19.1. The van der Waals surface area contributed by atoms with Gasteiger partial charge in [-0.3, -0.25) is 9.59 Å². The lowest BCUT2D eigenvalue weighted by Gasteiger charge is -2.16. The van der Waals surface area contributed by atoms with Crippen LogP contribution in [0.25, 0.3) is 0 Å². The van der Waals surface area contributed by atoms with Gasteiger partial charge < -0.3 is 10.6 Å². The minimum absolute atomic E-state index is 0.0314. The Hall–Kier alpha value is -1.93. The minimum atomic E-state index is -3.63. The number of nitrogens with one attached hydrogen (secondary N) is 2. The molecule has 0 aromatic heterocycles. The van der Waals surface area contributed by atoms with Crippen LogP contribution in [0.5, 0.6) is 0 Å². The molecule has 2 N–H and O–H groups in total. The maximum Gasteiger partial charge on any atom is 0.252 e. The average Bonchev–Trinajstić information content (AvgIpc) is 2.47. The first-order valence-electron chi connectivity index (χ1n) is 7.23. The Bertz CT molecular complexity index is 699. The van der Waals surface area contributed by atoms with Crippen molar-refractivity contribution in [3.63, 3.8) is 0 Å². The second kappa shape index (κ2) is 7.56. The van der Waals surface area contributed by atoms with Gasteiger partial charge in [-0.2, -0.15) is 0 Å². The fourth-order valence-electron chi connectivity index (χ4n) is 1.88. The number of aryl methyl sites for hydroxylation is 1. The lowest BCUT2D eigenvalue weighted by molar-refractivity contribution is -0.122. The van der Waals surface area contributed by atoms with Gasteiger partial charge in [0, 0.05) is 26.2 Å². The highest BCUT2D eigenvalue weighted by Gasteiger charge is 2.22. The molecule has 7 nitrogen and oxygen atoms in total. The molecule has 1 atom stereocenters. The normalized spacial score (nSPS) is 12.8. The SMILES string of the molecule is CCNC(=O)[C@H](C)NC(=O)c1cc(S(=O)(=O)N(C)C)ccc1C. The number of carbonyl (C=O) groups excluding carboxylic acids is 2. The number of benzene rings is 1. The average molecular weight is 341 g/mol. The van der Waals surface area contributed by atoms with Crippen molar-refractivity contribution in [1.29, 1.82) is 0 Å². The zero-order chi connectivity index (χ0) is 17.8. The quantitative estimate of drug-likeness (QED) is 0.787. The summed E-state index contributed by atoms with van der Waals surface area (Å²) in [6.45, 7) is 5.53. The molecule has 2 amide bonds. The number of hydrogen-bond acceptors (Lipinski definition) is 4. The summed E-state index contributed by atoms with van der Waals surface area (Å²) >= 11 is 0. The molecule has 128 valence electrons. The standard InChI is InChI=1S/C15H23N3O4S/c1-6-16-14(19)11(3)17-15(20)13-9-12(8-7-10(13)2)23(21,22)18(4)5/h7-9,11H,6H2,1-5H3,(H,16,19)(H,17,20)/t11-/m0/s1. The number of amides is 2. The predicted molar refractivity (Wildman–Crippen MR) is 87.7 cm³/mol. The van der Waals surface area contributed by atoms with Crippen molar-refractivity contribution in [2.75, 3.05) is 20.6 Å². The van der Waals surface area contributed by atoms with Crippen LogP contribution in [-0.2, 0) is 14.8 Å². The van der Waals surface area contributed by atoms with Crippen LogP contribution in [0.2, 0.25) is 0 Å². The molecule has 0 aliphatic carbocycles. The zero-order valence-electron chi connectivity index (χ0n) is 14.0. The van der Waals surface area contributed by atoms with Crippen molar-refractivity contribution in [2.45, 2.75) is 31.7 Å². The Labute approximate surface area is 137 Å². The maximum absolute atomic E-state index is 12.3. The van der Waals surface area contributed by atoms with Crippen LogP contribution >= 0.6 is 0 Å². The third-order valence-corrected chi connectivity index (χ3v) is 5.14. The number of nitrogens with zero attached hydrogens (tertiary/aromatic N) is 1. The number of rotatable bonds is 6. The molecule has 0 bridgehead atoms. The lowest BCUT2D eigenvalue weighted by atomic mass is 10.1. The monoisotopic (exact) mass is 341 g/mol. The lowest BCUT2D eigenvalue weighted by Crippen LogP contribution is -2.44. The molecule has 0 radical (unpaired) electrons. The van der Waals surface area contributed by atoms with Gasteiger partial charge in [0.25, 0.3) is 5.91 Å². The predicted octanol–water partition coefficient (Wildman–Crippen LogP) is 0.500. The van der Waals surface area contributed by atoms with E-state index in [4.69, 9.17) is 0 Å². The van der Waals surface area contributed by atoms with Gasteiger partial charge in [0.1, 0.15) is 6.04 Å². The Morgan fingerprint density at radius 2 is 1.87 bits per heavy atom. The molecule has 0 saturated heterocycles. The number of likely N-dealkylation sites (N-methyl/N-ethyl adjacent to an activating group) is 1. The van der Waals surface area contributed by atoms with Gasteiger partial charge in [-0.05, 0) is 38.5 Å². The molecule has 0 aliphatic rings. The van der Waals surface area contributed by atoms with E-state index < -0.39 is 22.0 Å². The van der Waals surface area contributed by atoms with Crippen LogP contribution in [0.4, 0.5) is 0 Å². The third kappa shape index (κ3) is 4.52. The molecule has 0 spiro atoms. The Morgan fingerprint density at radius 3 is 2.39 bits per heavy atom. The van der Waals surface area contributed by atoms with Crippen LogP contribution in [0.1, 0.15) is 29.8 Å². The Morgan fingerprint density at radius 1 is 1.26 bits per heavy atom. The van der Waals surface area contributed by atoms with Gasteiger partial charge in [-0.1, -0.05) is 6.07 Å². The summed E-state index contributed by atoms with van der Waals surface area (Å²) in [6.07, 6.45) is 0. The Balaban J connectivity index is 3.09. The van der Waals surface area contributed by atoms with E-state index in [0.29, 0.717) is 12.1 Å². The Kier molecular flexibility index (Phi) is 6.28. The topological polar surface area (TPSA) is 95.6 Å². The van der Waals surface area contributed by atoms with Gasteiger partial charge in [-0.15, -0.1) is 0 Å². The van der Waals surface area contributed by atoms with E-state index in [1.807, 2.05) is 0 Å². The summed E-state index contributed by atoms with van der Waals surface area (Å²) < 4.78 is 25.4. The van der Waals surface area contributed by atoms with Gasteiger partial charge >= 0.3 is 0 Å². The van der Waals surface area contributed by atoms with Crippen LogP contribution < -0.4 is 10.6 Å². The van der Waals surface area contributed by atoms with E-state index in [1.54, 1.807) is 26.8 Å². The molecule has 1 aromatic carbocycles. The largest absolute Gasteiger partial charge is 0.355 e. The third-order valence-electron chi connectivity index (χ3n) is 3.32. The molecule has 0 heterocycles. The molecule has 1 rings (SSSR count). The summed E-state index contributed by atoms with van der Waals surface area (Å²) in [6, 6.07) is 3.64. The highest BCUT2D eigenvalue weighted by Crippen LogP contribution is 2.18.